The van der Waals surface area contributed by atoms with Crippen LogP contribution in [0.2, 0.25) is 0 Å². The van der Waals surface area contributed by atoms with Crippen LogP contribution in [0.1, 0.15) is 31.7 Å². The van der Waals surface area contributed by atoms with Crippen LogP contribution < -0.4 is 15.0 Å². The fourth-order valence-corrected chi connectivity index (χ4v) is 3.42. The summed E-state index contributed by atoms with van der Waals surface area (Å²) in [5.41, 5.74) is 9.73. The number of rotatable bonds is 9. The number of hydrogen-bond donors (Lipinski definition) is 2. The SMILES string of the molecule is CCCCCn1c(N)[n+](C[C@@H](O)COc2cccc(C)c2)c2ccccc21. The van der Waals surface area contributed by atoms with E-state index in [0.29, 0.717) is 12.5 Å². The van der Waals surface area contributed by atoms with Crippen LogP contribution in [0.4, 0.5) is 5.95 Å². The van der Waals surface area contributed by atoms with E-state index in [4.69, 9.17) is 10.5 Å². The molecule has 5 heteroatoms. The highest BCUT2D eigenvalue weighted by Crippen LogP contribution is 2.18. The van der Waals surface area contributed by atoms with Crippen LogP contribution in [0.5, 0.6) is 5.75 Å². The third-order valence-corrected chi connectivity index (χ3v) is 4.83. The predicted octanol–water partition coefficient (Wildman–Crippen LogP) is 3.45. The van der Waals surface area contributed by atoms with Crippen LogP contribution in [0.25, 0.3) is 11.0 Å². The Morgan fingerprint density at radius 3 is 2.74 bits per heavy atom. The van der Waals surface area contributed by atoms with Crippen molar-refractivity contribution in [2.75, 3.05) is 12.3 Å². The lowest BCUT2D eigenvalue weighted by Crippen LogP contribution is -2.43. The summed E-state index contributed by atoms with van der Waals surface area (Å²) in [6.07, 6.45) is 2.80. The fourth-order valence-electron chi connectivity index (χ4n) is 3.42. The van der Waals surface area contributed by atoms with Gasteiger partial charge in [0.15, 0.2) is 0 Å². The van der Waals surface area contributed by atoms with Gasteiger partial charge in [0, 0.05) is 0 Å². The van der Waals surface area contributed by atoms with Crippen molar-refractivity contribution in [3.63, 3.8) is 0 Å². The zero-order chi connectivity index (χ0) is 19.2. The molecular formula is C22H30N3O2+. The van der Waals surface area contributed by atoms with Crippen molar-refractivity contribution in [3.05, 3.63) is 54.1 Å². The molecule has 0 aliphatic rings. The first-order chi connectivity index (χ1) is 13.1. The number of imidazole rings is 1. The molecular weight excluding hydrogens is 338 g/mol. The smallest absolute Gasteiger partial charge is 0.356 e. The van der Waals surface area contributed by atoms with Gasteiger partial charge in [-0.15, -0.1) is 0 Å². The Hall–Kier alpha value is -2.53. The lowest BCUT2D eigenvalue weighted by Gasteiger charge is -2.12. The molecule has 0 aliphatic heterocycles. The molecule has 5 nitrogen and oxygen atoms in total. The summed E-state index contributed by atoms with van der Waals surface area (Å²) in [5, 5.41) is 10.5. The number of aromatic nitrogens is 2. The fraction of sp³-hybridized carbons (Fsp3) is 0.409. The molecule has 1 heterocycles. The number of nitrogens with two attached hydrogens (primary N) is 1. The molecule has 0 amide bonds. The summed E-state index contributed by atoms with van der Waals surface area (Å²) >= 11 is 0. The van der Waals surface area contributed by atoms with Gasteiger partial charge in [0.1, 0.15) is 36.0 Å². The largest absolute Gasteiger partial charge is 0.491 e. The minimum atomic E-state index is -0.646. The van der Waals surface area contributed by atoms with Gasteiger partial charge in [-0.25, -0.2) is 9.13 Å². The maximum atomic E-state index is 10.5. The number of ether oxygens (including phenoxy) is 1. The lowest BCUT2D eigenvalue weighted by molar-refractivity contribution is -0.665. The Kier molecular flexibility index (Phi) is 6.35. The highest BCUT2D eigenvalue weighted by molar-refractivity contribution is 5.73. The third-order valence-electron chi connectivity index (χ3n) is 4.83. The second-order valence-corrected chi connectivity index (χ2v) is 7.10. The van der Waals surface area contributed by atoms with Gasteiger partial charge in [0.2, 0.25) is 0 Å². The average molecular weight is 369 g/mol. The Balaban J connectivity index is 1.74. The predicted molar refractivity (Wildman–Crippen MR) is 109 cm³/mol. The van der Waals surface area contributed by atoms with Gasteiger partial charge in [-0.2, -0.15) is 0 Å². The molecule has 3 rings (SSSR count). The first-order valence-electron chi connectivity index (χ1n) is 9.74. The van der Waals surface area contributed by atoms with E-state index in [1.165, 1.54) is 12.8 Å². The molecule has 1 aromatic heterocycles. The first kappa shape index (κ1) is 19.2. The van der Waals surface area contributed by atoms with Gasteiger partial charge in [-0.05, 0) is 43.2 Å². The normalized spacial score (nSPS) is 12.4. The molecule has 0 saturated carbocycles. The molecule has 1 atom stereocenters. The lowest BCUT2D eigenvalue weighted by atomic mass is 10.2. The van der Waals surface area contributed by atoms with Crippen LogP contribution in [0.15, 0.2) is 48.5 Å². The number of unbranched alkanes of at least 4 members (excludes halogenated alkanes) is 2. The van der Waals surface area contributed by atoms with E-state index in [0.717, 1.165) is 35.3 Å². The van der Waals surface area contributed by atoms with Crippen molar-refractivity contribution in [3.8, 4) is 5.75 Å². The van der Waals surface area contributed by atoms with Gasteiger partial charge in [0.25, 0.3) is 0 Å². The van der Waals surface area contributed by atoms with E-state index in [2.05, 4.69) is 23.6 Å². The molecule has 3 aromatic rings. The van der Waals surface area contributed by atoms with Crippen LogP contribution >= 0.6 is 0 Å². The minimum Gasteiger partial charge on any atom is -0.491 e. The number of aryl methyl sites for hydroxylation is 2. The number of aliphatic hydroxyl groups excluding tert-OH is 1. The van der Waals surface area contributed by atoms with Gasteiger partial charge in [-0.1, -0.05) is 44.0 Å². The number of benzene rings is 2. The molecule has 0 bridgehead atoms. The molecule has 144 valence electrons. The maximum absolute atomic E-state index is 10.5. The van der Waals surface area contributed by atoms with Crippen molar-refractivity contribution < 1.29 is 14.4 Å². The highest BCUT2D eigenvalue weighted by atomic mass is 16.5. The van der Waals surface area contributed by atoms with Crippen LogP contribution in [-0.2, 0) is 13.1 Å². The Labute approximate surface area is 161 Å². The second-order valence-electron chi connectivity index (χ2n) is 7.10. The molecule has 2 aromatic carbocycles. The highest BCUT2D eigenvalue weighted by Gasteiger charge is 2.22. The summed E-state index contributed by atoms with van der Waals surface area (Å²) in [5.74, 6) is 1.45. The summed E-state index contributed by atoms with van der Waals surface area (Å²) in [6.45, 7) is 5.74. The number of nitrogen functional groups attached to an aromatic ring is 1. The Bertz CT molecular complexity index is 888. The van der Waals surface area contributed by atoms with Crippen molar-refractivity contribution >= 4 is 17.0 Å². The molecule has 0 fully saturated rings. The van der Waals surface area contributed by atoms with Crippen LogP contribution in [0.3, 0.4) is 0 Å². The molecule has 0 spiro atoms. The van der Waals surface area contributed by atoms with Crippen LogP contribution in [-0.4, -0.2) is 22.4 Å². The second kappa shape index (κ2) is 8.91. The van der Waals surface area contributed by atoms with Gasteiger partial charge in [0.05, 0.1) is 6.54 Å². The van der Waals surface area contributed by atoms with Crippen molar-refractivity contribution in [2.24, 2.45) is 0 Å². The number of fused-ring (bicyclic) bond motifs is 1. The van der Waals surface area contributed by atoms with Gasteiger partial charge < -0.3 is 9.84 Å². The minimum absolute atomic E-state index is 0.227. The number of nitrogens with zero attached hydrogens (tertiary/aromatic N) is 2. The molecule has 3 N–H and O–H groups in total. The summed E-state index contributed by atoms with van der Waals surface area (Å²) in [6, 6.07) is 16.0. The maximum Gasteiger partial charge on any atom is 0.356 e. The van der Waals surface area contributed by atoms with Gasteiger partial charge >= 0.3 is 5.95 Å². The number of para-hydroxylation sites is 2. The quantitative estimate of drug-likeness (QED) is 0.449. The topological polar surface area (TPSA) is 64.3 Å². The standard InChI is InChI=1S/C22H29N3O2/c1-3-4-7-13-24-20-11-5-6-12-21(20)25(22(24)23)15-18(26)16-27-19-10-8-9-17(2)14-19/h5-6,8-12,14,18,23,26H,3-4,7,13,15-16H2,1-2H3/p+1/t18-/m1/s1. The third kappa shape index (κ3) is 4.61. The monoisotopic (exact) mass is 368 g/mol. The number of anilines is 1. The van der Waals surface area contributed by atoms with Crippen molar-refractivity contribution in [1.29, 1.82) is 0 Å². The molecule has 27 heavy (non-hydrogen) atoms. The Morgan fingerprint density at radius 1 is 1.15 bits per heavy atom. The number of aliphatic hydroxyl groups is 1. The Morgan fingerprint density at radius 2 is 1.96 bits per heavy atom. The van der Waals surface area contributed by atoms with E-state index >= 15 is 0 Å². The summed E-state index contributed by atoms with van der Waals surface area (Å²) in [4.78, 5) is 0. The zero-order valence-electron chi connectivity index (χ0n) is 16.3. The number of hydrogen-bond acceptors (Lipinski definition) is 3. The van der Waals surface area contributed by atoms with E-state index in [9.17, 15) is 5.11 Å². The van der Waals surface area contributed by atoms with Crippen molar-refractivity contribution in [1.82, 2.24) is 4.57 Å². The molecule has 0 radical (unpaired) electrons. The molecule has 0 unspecified atom stereocenters. The summed E-state index contributed by atoms with van der Waals surface area (Å²) in [7, 11) is 0. The van der Waals surface area contributed by atoms with E-state index < -0.39 is 6.10 Å². The zero-order valence-corrected chi connectivity index (χ0v) is 16.3. The van der Waals surface area contributed by atoms with E-state index in [-0.39, 0.29) is 6.61 Å². The first-order valence-corrected chi connectivity index (χ1v) is 9.74. The van der Waals surface area contributed by atoms with Crippen LogP contribution in [0, 0.1) is 6.92 Å². The van der Waals surface area contributed by atoms with E-state index in [1.54, 1.807) is 0 Å². The molecule has 0 saturated heterocycles. The average Bonchev–Trinajstić information content (AvgIpc) is 2.92. The summed E-state index contributed by atoms with van der Waals surface area (Å²) < 4.78 is 9.89. The van der Waals surface area contributed by atoms with Gasteiger partial charge in [-0.3, -0.25) is 5.73 Å². The molecule has 0 aliphatic carbocycles. The van der Waals surface area contributed by atoms with E-state index in [1.807, 2.05) is 47.9 Å². The van der Waals surface area contributed by atoms with Crippen molar-refractivity contribution in [2.45, 2.75) is 52.3 Å².